The predicted molar refractivity (Wildman–Crippen MR) is 62.3 cm³/mol. The Kier molecular flexibility index (Phi) is 2.29. The molecule has 2 saturated heterocycles. The Labute approximate surface area is 97.3 Å². The normalized spacial score (nSPS) is 25.9. The van der Waals surface area contributed by atoms with Crippen molar-refractivity contribution in [1.29, 1.82) is 0 Å². The highest BCUT2D eigenvalue weighted by molar-refractivity contribution is 5.71. The fraction of sp³-hybridized carbons (Fsp3) is 0.917. The highest BCUT2D eigenvalue weighted by Gasteiger charge is 2.64. The number of nitrogens with zero attached hydrogens (tertiary/aromatic N) is 1. The molecule has 0 aromatic rings. The van der Waals surface area contributed by atoms with Gasteiger partial charge in [0, 0.05) is 25.0 Å². The van der Waals surface area contributed by atoms with Crippen LogP contribution in [0, 0.1) is 5.41 Å². The molecule has 2 heterocycles. The molecule has 0 bridgehead atoms. The van der Waals surface area contributed by atoms with Gasteiger partial charge in [0.1, 0.15) is 5.60 Å². The van der Waals surface area contributed by atoms with Crippen molar-refractivity contribution in [2.75, 3.05) is 19.6 Å². The van der Waals surface area contributed by atoms with Crippen LogP contribution in [0.2, 0.25) is 0 Å². The maximum Gasteiger partial charge on any atom is 0.410 e. The van der Waals surface area contributed by atoms with E-state index in [2.05, 4.69) is 19.2 Å². The van der Waals surface area contributed by atoms with Crippen molar-refractivity contribution in [3.05, 3.63) is 0 Å². The number of carbonyl (C=O) groups excluding carboxylic acids is 1. The first kappa shape index (κ1) is 11.7. The molecule has 0 atom stereocenters. The Bertz CT molecular complexity index is 313. The Morgan fingerprint density at radius 1 is 1.31 bits per heavy atom. The SMILES string of the molecule is CC(C)(C)OC(=O)N1CC(C)(C)C12CNC2. The number of carbonyl (C=O) groups is 1. The van der Waals surface area contributed by atoms with Crippen molar-refractivity contribution < 1.29 is 9.53 Å². The molecule has 0 aliphatic carbocycles. The number of rotatable bonds is 0. The summed E-state index contributed by atoms with van der Waals surface area (Å²) in [5.74, 6) is 0. The molecule has 1 spiro atoms. The van der Waals surface area contributed by atoms with Gasteiger partial charge in [-0.2, -0.15) is 0 Å². The summed E-state index contributed by atoms with van der Waals surface area (Å²) in [6.45, 7) is 12.7. The maximum atomic E-state index is 12.0. The Morgan fingerprint density at radius 3 is 2.19 bits per heavy atom. The smallest absolute Gasteiger partial charge is 0.410 e. The number of hydrogen-bond donors (Lipinski definition) is 1. The van der Waals surface area contributed by atoms with Crippen LogP contribution in [0.3, 0.4) is 0 Å². The van der Waals surface area contributed by atoms with E-state index in [4.69, 9.17) is 4.74 Å². The van der Waals surface area contributed by atoms with Crippen LogP contribution in [0.15, 0.2) is 0 Å². The zero-order valence-electron chi connectivity index (χ0n) is 10.9. The zero-order chi connectivity index (χ0) is 12.2. The third-order valence-electron chi connectivity index (χ3n) is 3.78. The first-order valence-electron chi connectivity index (χ1n) is 5.89. The molecule has 2 fully saturated rings. The fourth-order valence-electron chi connectivity index (χ4n) is 2.56. The third kappa shape index (κ3) is 1.51. The molecule has 4 nitrogen and oxygen atoms in total. The Hall–Kier alpha value is -0.770. The van der Waals surface area contributed by atoms with Gasteiger partial charge in [0.15, 0.2) is 0 Å². The molecule has 92 valence electrons. The molecular weight excluding hydrogens is 204 g/mol. The van der Waals surface area contributed by atoms with Gasteiger partial charge >= 0.3 is 6.09 Å². The highest BCUT2D eigenvalue weighted by Crippen LogP contribution is 2.49. The van der Waals surface area contributed by atoms with Crippen molar-refractivity contribution in [2.24, 2.45) is 5.41 Å². The number of hydrogen-bond acceptors (Lipinski definition) is 3. The van der Waals surface area contributed by atoms with Gasteiger partial charge in [-0.1, -0.05) is 13.8 Å². The van der Waals surface area contributed by atoms with Gasteiger partial charge in [-0.3, -0.25) is 4.90 Å². The van der Waals surface area contributed by atoms with Crippen LogP contribution in [-0.2, 0) is 4.74 Å². The minimum absolute atomic E-state index is 0.00463. The first-order chi connectivity index (χ1) is 7.18. The summed E-state index contributed by atoms with van der Waals surface area (Å²) in [6.07, 6.45) is -0.173. The van der Waals surface area contributed by atoms with E-state index in [0.717, 1.165) is 19.6 Å². The van der Waals surface area contributed by atoms with Crippen LogP contribution in [0.5, 0.6) is 0 Å². The van der Waals surface area contributed by atoms with E-state index >= 15 is 0 Å². The van der Waals surface area contributed by atoms with Crippen LogP contribution in [0.4, 0.5) is 4.79 Å². The van der Waals surface area contributed by atoms with E-state index in [-0.39, 0.29) is 17.0 Å². The summed E-state index contributed by atoms with van der Waals surface area (Å²) in [5.41, 5.74) is -0.209. The molecule has 0 saturated carbocycles. The summed E-state index contributed by atoms with van der Waals surface area (Å²) in [4.78, 5) is 13.9. The Morgan fingerprint density at radius 2 is 1.88 bits per heavy atom. The monoisotopic (exact) mass is 226 g/mol. The lowest BCUT2D eigenvalue weighted by Gasteiger charge is -2.68. The molecule has 1 N–H and O–H groups in total. The average Bonchev–Trinajstić information content (AvgIpc) is 1.93. The largest absolute Gasteiger partial charge is 0.444 e. The highest BCUT2D eigenvalue weighted by atomic mass is 16.6. The minimum atomic E-state index is -0.408. The molecule has 4 heteroatoms. The molecular formula is C12H22N2O2. The number of likely N-dealkylation sites (tertiary alicyclic amines) is 1. The molecule has 0 radical (unpaired) electrons. The third-order valence-corrected chi connectivity index (χ3v) is 3.78. The van der Waals surface area contributed by atoms with Crippen molar-refractivity contribution in [3.63, 3.8) is 0 Å². The minimum Gasteiger partial charge on any atom is -0.444 e. The van der Waals surface area contributed by atoms with Gasteiger partial charge in [-0.15, -0.1) is 0 Å². The molecule has 16 heavy (non-hydrogen) atoms. The second-order valence-electron chi connectivity index (χ2n) is 6.59. The van der Waals surface area contributed by atoms with Crippen molar-refractivity contribution in [1.82, 2.24) is 10.2 Å². The van der Waals surface area contributed by atoms with Crippen LogP contribution >= 0.6 is 0 Å². The van der Waals surface area contributed by atoms with E-state index in [9.17, 15) is 4.79 Å². The van der Waals surface area contributed by atoms with E-state index in [1.54, 1.807) is 0 Å². The molecule has 2 rings (SSSR count). The molecule has 1 amide bonds. The molecule has 0 aromatic heterocycles. The number of nitrogens with one attached hydrogen (secondary N) is 1. The molecule has 2 aliphatic rings. The van der Waals surface area contributed by atoms with Crippen LogP contribution in [0.1, 0.15) is 34.6 Å². The van der Waals surface area contributed by atoms with Crippen molar-refractivity contribution in [3.8, 4) is 0 Å². The average molecular weight is 226 g/mol. The first-order valence-corrected chi connectivity index (χ1v) is 5.89. The van der Waals surface area contributed by atoms with E-state index < -0.39 is 5.60 Å². The second kappa shape index (κ2) is 3.13. The zero-order valence-corrected chi connectivity index (χ0v) is 10.9. The number of ether oxygens (including phenoxy) is 1. The van der Waals surface area contributed by atoms with Gasteiger partial charge in [0.25, 0.3) is 0 Å². The van der Waals surface area contributed by atoms with Gasteiger partial charge in [0.05, 0.1) is 5.54 Å². The lowest BCUT2D eigenvalue weighted by Crippen LogP contribution is -2.85. The predicted octanol–water partition coefficient (Wildman–Crippen LogP) is 1.61. The van der Waals surface area contributed by atoms with E-state index in [0.29, 0.717) is 0 Å². The Balaban J connectivity index is 2.05. The standard InChI is InChI=1S/C12H22N2O2/c1-10(2,3)16-9(15)14-8-11(4,5)12(14)6-13-7-12/h13H,6-8H2,1-5H3. The van der Waals surface area contributed by atoms with E-state index in [1.807, 2.05) is 25.7 Å². The summed E-state index contributed by atoms with van der Waals surface area (Å²) >= 11 is 0. The summed E-state index contributed by atoms with van der Waals surface area (Å²) in [5, 5.41) is 3.26. The van der Waals surface area contributed by atoms with Crippen LogP contribution in [-0.4, -0.2) is 41.8 Å². The lowest BCUT2D eigenvalue weighted by molar-refractivity contribution is -0.156. The van der Waals surface area contributed by atoms with E-state index in [1.165, 1.54) is 0 Å². The van der Waals surface area contributed by atoms with Gasteiger partial charge in [-0.05, 0) is 20.8 Å². The van der Waals surface area contributed by atoms with Gasteiger partial charge < -0.3 is 10.1 Å². The molecule has 0 unspecified atom stereocenters. The lowest BCUT2D eigenvalue weighted by atomic mass is 9.60. The van der Waals surface area contributed by atoms with Gasteiger partial charge in [-0.25, -0.2) is 4.79 Å². The summed E-state index contributed by atoms with van der Waals surface area (Å²) in [7, 11) is 0. The quantitative estimate of drug-likeness (QED) is 0.682. The van der Waals surface area contributed by atoms with Crippen molar-refractivity contribution in [2.45, 2.75) is 45.8 Å². The fourth-order valence-corrected chi connectivity index (χ4v) is 2.56. The van der Waals surface area contributed by atoms with Gasteiger partial charge in [0.2, 0.25) is 0 Å². The maximum absolute atomic E-state index is 12.0. The second-order valence-corrected chi connectivity index (χ2v) is 6.59. The van der Waals surface area contributed by atoms with Crippen molar-refractivity contribution >= 4 is 6.09 Å². The van der Waals surface area contributed by atoms with Crippen LogP contribution in [0.25, 0.3) is 0 Å². The molecule has 2 aliphatic heterocycles. The summed E-state index contributed by atoms with van der Waals surface area (Å²) in [6, 6.07) is 0. The summed E-state index contributed by atoms with van der Waals surface area (Å²) < 4.78 is 5.43. The molecule has 0 aromatic carbocycles. The number of amides is 1. The van der Waals surface area contributed by atoms with Crippen LogP contribution < -0.4 is 5.32 Å². The topological polar surface area (TPSA) is 41.6 Å².